The molecule has 0 aliphatic heterocycles. The van der Waals surface area contributed by atoms with E-state index in [-0.39, 0.29) is 12.7 Å². The van der Waals surface area contributed by atoms with Gasteiger partial charge in [0, 0.05) is 18.3 Å². The highest BCUT2D eigenvalue weighted by atomic mass is 19.1. The van der Waals surface area contributed by atoms with Crippen molar-refractivity contribution in [2.75, 3.05) is 0 Å². The Labute approximate surface area is 62.8 Å². The van der Waals surface area contributed by atoms with Gasteiger partial charge >= 0.3 is 0 Å². The molecule has 5 atom stereocenters. The Hall–Kier alpha value is -0.480. The van der Waals surface area contributed by atoms with Crippen LogP contribution in [-0.4, -0.2) is 34.4 Å². The number of aldehydes is 1. The highest BCUT2D eigenvalue weighted by molar-refractivity contribution is 5.71. The first-order valence-corrected chi connectivity index (χ1v) is 3.62. The van der Waals surface area contributed by atoms with Gasteiger partial charge in [-0.1, -0.05) is 0 Å². The first-order valence-electron chi connectivity index (χ1n) is 3.62. The van der Waals surface area contributed by atoms with E-state index in [1.54, 1.807) is 0 Å². The predicted molar refractivity (Wildman–Crippen MR) is 33.5 cm³/mol. The number of alkyl halides is 1. The van der Waals surface area contributed by atoms with E-state index in [9.17, 15) is 9.18 Å². The van der Waals surface area contributed by atoms with Crippen LogP contribution in [0.5, 0.6) is 0 Å². The van der Waals surface area contributed by atoms with Gasteiger partial charge in [0.05, 0.1) is 12.2 Å². The fraction of sp³-hybridized carbons (Fsp3) is 0.857. The first kappa shape index (κ1) is 7.18. The lowest BCUT2D eigenvalue weighted by Crippen LogP contribution is -2.25. The summed E-state index contributed by atoms with van der Waals surface area (Å²) in [4.78, 5) is 10.2. The molecule has 0 unspecified atom stereocenters. The molecule has 0 radical (unpaired) electrons. The lowest BCUT2D eigenvalue weighted by Gasteiger charge is -2.11. The molecule has 2 rings (SSSR count). The smallest absolute Gasteiger partial charge is 0.177 e. The molecule has 0 heterocycles. The van der Waals surface area contributed by atoms with E-state index in [0.29, 0.717) is 0 Å². The molecule has 0 spiro atoms. The van der Waals surface area contributed by atoms with Crippen LogP contribution >= 0.6 is 0 Å². The van der Waals surface area contributed by atoms with Gasteiger partial charge in [-0.15, -0.1) is 0 Å². The maximum atomic E-state index is 13.2. The van der Waals surface area contributed by atoms with Gasteiger partial charge in [0.2, 0.25) is 0 Å². The van der Waals surface area contributed by atoms with E-state index < -0.39 is 29.7 Å². The minimum Gasteiger partial charge on any atom is -0.393 e. The Bertz CT molecular complexity index is 192. The van der Waals surface area contributed by atoms with Crippen molar-refractivity contribution < 1.29 is 19.4 Å². The van der Waals surface area contributed by atoms with Gasteiger partial charge in [0.1, 0.15) is 0 Å². The lowest BCUT2D eigenvalue weighted by atomic mass is 10.1. The summed E-state index contributed by atoms with van der Waals surface area (Å²) in [6, 6.07) is 0. The number of aliphatic hydroxyl groups excluding tert-OH is 2. The summed E-state index contributed by atoms with van der Waals surface area (Å²) in [6.45, 7) is 0. The average molecular weight is 160 g/mol. The lowest BCUT2D eigenvalue weighted by molar-refractivity contribution is -0.116. The van der Waals surface area contributed by atoms with Crippen molar-refractivity contribution in [3.05, 3.63) is 0 Å². The SMILES string of the molecule is O=C[C@]1(F)[C@@H]2[C@H]1[C@@H](O)C[C@H]2O. The summed E-state index contributed by atoms with van der Waals surface area (Å²) in [5, 5.41) is 18.2. The van der Waals surface area contributed by atoms with Crippen LogP contribution in [0.1, 0.15) is 6.42 Å². The fourth-order valence-electron chi connectivity index (χ4n) is 2.20. The van der Waals surface area contributed by atoms with Crippen LogP contribution in [0.25, 0.3) is 0 Å². The van der Waals surface area contributed by atoms with Crippen LogP contribution in [0.3, 0.4) is 0 Å². The fourth-order valence-corrected chi connectivity index (χ4v) is 2.20. The zero-order valence-electron chi connectivity index (χ0n) is 5.77. The molecule has 62 valence electrons. The summed E-state index contributed by atoms with van der Waals surface area (Å²) in [6.07, 6.45) is -1.28. The Kier molecular flexibility index (Phi) is 1.18. The second-order valence-corrected chi connectivity index (χ2v) is 3.37. The van der Waals surface area contributed by atoms with E-state index in [1.165, 1.54) is 0 Å². The summed E-state index contributed by atoms with van der Waals surface area (Å²) >= 11 is 0. The number of halogens is 1. The number of carbonyl (C=O) groups excluding carboxylic acids is 1. The number of fused-ring (bicyclic) bond motifs is 1. The van der Waals surface area contributed by atoms with E-state index >= 15 is 0 Å². The van der Waals surface area contributed by atoms with Crippen LogP contribution in [-0.2, 0) is 4.79 Å². The summed E-state index contributed by atoms with van der Waals surface area (Å²) in [5.74, 6) is -1.29. The molecule has 2 aliphatic rings. The van der Waals surface area contributed by atoms with Gasteiger partial charge < -0.3 is 10.2 Å². The molecule has 0 aromatic rings. The van der Waals surface area contributed by atoms with Gasteiger partial charge in [0.15, 0.2) is 12.0 Å². The second kappa shape index (κ2) is 1.81. The minimum absolute atomic E-state index is 0.202. The molecule has 2 aliphatic carbocycles. The summed E-state index contributed by atoms with van der Waals surface area (Å²) in [5.41, 5.74) is -1.93. The van der Waals surface area contributed by atoms with E-state index in [1.807, 2.05) is 0 Å². The van der Waals surface area contributed by atoms with Crippen LogP contribution < -0.4 is 0 Å². The van der Waals surface area contributed by atoms with Crippen molar-refractivity contribution in [1.82, 2.24) is 0 Å². The highest BCUT2D eigenvalue weighted by Crippen LogP contribution is 2.61. The van der Waals surface area contributed by atoms with Crippen LogP contribution in [0.4, 0.5) is 4.39 Å². The third kappa shape index (κ3) is 0.662. The Morgan fingerprint density at radius 2 is 1.82 bits per heavy atom. The Balaban J connectivity index is 2.21. The number of carbonyl (C=O) groups is 1. The molecule has 0 amide bonds. The van der Waals surface area contributed by atoms with Crippen LogP contribution in [0.15, 0.2) is 0 Å². The molecule has 3 nitrogen and oxygen atoms in total. The highest BCUT2D eigenvalue weighted by Gasteiger charge is 2.75. The molecule has 0 aromatic heterocycles. The van der Waals surface area contributed by atoms with Gasteiger partial charge in [0.25, 0.3) is 0 Å². The van der Waals surface area contributed by atoms with Gasteiger partial charge in [-0.25, -0.2) is 4.39 Å². The van der Waals surface area contributed by atoms with Gasteiger partial charge in [-0.2, -0.15) is 0 Å². The van der Waals surface area contributed by atoms with Crippen molar-refractivity contribution >= 4 is 6.29 Å². The predicted octanol–water partition coefficient (Wildman–Crippen LogP) is -0.735. The molecule has 0 aromatic carbocycles. The molecule has 0 saturated heterocycles. The molecule has 0 bridgehead atoms. The molecule has 2 N–H and O–H groups in total. The van der Waals surface area contributed by atoms with E-state index in [0.717, 1.165) is 0 Å². The van der Waals surface area contributed by atoms with Crippen LogP contribution in [0, 0.1) is 11.8 Å². The van der Waals surface area contributed by atoms with Crippen molar-refractivity contribution in [3.63, 3.8) is 0 Å². The van der Waals surface area contributed by atoms with Crippen molar-refractivity contribution in [1.29, 1.82) is 0 Å². The summed E-state index contributed by atoms with van der Waals surface area (Å²) < 4.78 is 13.2. The first-order chi connectivity index (χ1) is 5.11. The Morgan fingerprint density at radius 3 is 2.09 bits per heavy atom. The topological polar surface area (TPSA) is 57.5 Å². The molecule has 2 saturated carbocycles. The molecule has 2 fully saturated rings. The second-order valence-electron chi connectivity index (χ2n) is 3.37. The standard InChI is InChI=1S/C7H9FO3/c8-7(2-9)5-3(10)1-4(11)6(5)7/h2-6,10-11H,1H2/t3-,4+,5+,6-,7+. The number of hydrogen-bond acceptors (Lipinski definition) is 3. The number of aliphatic hydroxyl groups is 2. The third-order valence-electron chi connectivity index (χ3n) is 2.79. The van der Waals surface area contributed by atoms with E-state index in [2.05, 4.69) is 0 Å². The number of hydrogen-bond donors (Lipinski definition) is 2. The molecule has 11 heavy (non-hydrogen) atoms. The van der Waals surface area contributed by atoms with Gasteiger partial charge in [-0.05, 0) is 0 Å². The van der Waals surface area contributed by atoms with Crippen LogP contribution in [0.2, 0.25) is 0 Å². The zero-order valence-corrected chi connectivity index (χ0v) is 5.77. The maximum Gasteiger partial charge on any atom is 0.177 e. The summed E-state index contributed by atoms with van der Waals surface area (Å²) in [7, 11) is 0. The monoisotopic (exact) mass is 160 g/mol. The molecular weight excluding hydrogens is 151 g/mol. The molecule has 4 heteroatoms. The number of rotatable bonds is 1. The van der Waals surface area contributed by atoms with Crippen molar-refractivity contribution in [2.24, 2.45) is 11.8 Å². The minimum atomic E-state index is -1.93. The quantitative estimate of drug-likeness (QED) is 0.497. The van der Waals surface area contributed by atoms with E-state index in [4.69, 9.17) is 10.2 Å². The Morgan fingerprint density at radius 1 is 1.36 bits per heavy atom. The normalized spacial score (nSPS) is 60.6. The van der Waals surface area contributed by atoms with Gasteiger partial charge in [-0.3, -0.25) is 4.79 Å². The maximum absolute atomic E-state index is 13.2. The third-order valence-corrected chi connectivity index (χ3v) is 2.79. The molecular formula is C7H9FO3. The largest absolute Gasteiger partial charge is 0.393 e. The van der Waals surface area contributed by atoms with Crippen molar-refractivity contribution in [2.45, 2.75) is 24.3 Å². The van der Waals surface area contributed by atoms with Crippen molar-refractivity contribution in [3.8, 4) is 0 Å². The zero-order chi connectivity index (χ0) is 8.22. The average Bonchev–Trinajstić information content (AvgIpc) is 2.45.